The molecule has 0 heterocycles. The smallest absolute Gasteiger partial charge is 0.257 e. The van der Waals surface area contributed by atoms with Crippen molar-refractivity contribution >= 4 is 28.9 Å². The predicted molar refractivity (Wildman–Crippen MR) is 75.0 cm³/mol. The van der Waals surface area contributed by atoms with E-state index in [-0.39, 0.29) is 5.91 Å². The molecule has 4 heteroatoms. The van der Waals surface area contributed by atoms with Gasteiger partial charge in [-0.2, -0.15) is 0 Å². The van der Waals surface area contributed by atoms with Crippen LogP contribution in [0.3, 0.4) is 0 Å². The lowest BCUT2D eigenvalue weighted by Crippen LogP contribution is -2.14. The summed E-state index contributed by atoms with van der Waals surface area (Å²) in [6.45, 7) is 1.87. The van der Waals surface area contributed by atoms with Crippen LogP contribution in [-0.2, 0) is 0 Å². The molecule has 0 saturated carbocycles. The molecule has 0 aliphatic rings. The number of rotatable bonds is 2. The van der Waals surface area contributed by atoms with Crippen molar-refractivity contribution in [3.05, 3.63) is 58.6 Å². The summed E-state index contributed by atoms with van der Waals surface area (Å²) < 4.78 is 0. The zero-order valence-electron chi connectivity index (χ0n) is 9.91. The SMILES string of the molecule is Cc1cccc(C(=O)Nc2cccc(Cl)c2)c1N. The molecule has 0 spiro atoms. The normalized spacial score (nSPS) is 10.1. The molecule has 0 unspecified atom stereocenters. The van der Waals surface area contributed by atoms with E-state index in [0.29, 0.717) is 22.0 Å². The Balaban J connectivity index is 2.25. The third kappa shape index (κ3) is 2.63. The number of halogens is 1. The second-order valence-corrected chi connectivity index (χ2v) is 4.44. The van der Waals surface area contributed by atoms with Crippen LogP contribution in [0, 0.1) is 6.92 Å². The summed E-state index contributed by atoms with van der Waals surface area (Å²) in [6, 6.07) is 12.4. The van der Waals surface area contributed by atoms with Crippen LogP contribution in [0.15, 0.2) is 42.5 Å². The summed E-state index contributed by atoms with van der Waals surface area (Å²) in [6.07, 6.45) is 0. The second kappa shape index (κ2) is 5.10. The summed E-state index contributed by atoms with van der Waals surface area (Å²) in [5.41, 5.74) is 8.37. The van der Waals surface area contributed by atoms with E-state index in [4.69, 9.17) is 17.3 Å². The van der Waals surface area contributed by atoms with Gasteiger partial charge < -0.3 is 11.1 Å². The standard InChI is InChI=1S/C14H13ClN2O/c1-9-4-2-7-12(13(9)16)14(18)17-11-6-3-5-10(15)8-11/h2-8H,16H2,1H3,(H,17,18). The Labute approximate surface area is 111 Å². The average Bonchev–Trinajstić information content (AvgIpc) is 2.32. The molecule has 3 N–H and O–H groups in total. The molecule has 92 valence electrons. The summed E-state index contributed by atoms with van der Waals surface area (Å²) in [4.78, 5) is 12.1. The van der Waals surface area contributed by atoms with Crippen LogP contribution in [-0.4, -0.2) is 5.91 Å². The van der Waals surface area contributed by atoms with Crippen molar-refractivity contribution in [2.45, 2.75) is 6.92 Å². The molecule has 0 saturated heterocycles. The number of amides is 1. The Morgan fingerprint density at radius 3 is 2.67 bits per heavy atom. The van der Waals surface area contributed by atoms with E-state index in [0.717, 1.165) is 5.56 Å². The number of nitrogens with one attached hydrogen (secondary N) is 1. The zero-order valence-corrected chi connectivity index (χ0v) is 10.7. The first-order chi connectivity index (χ1) is 8.58. The maximum Gasteiger partial charge on any atom is 0.257 e. The lowest BCUT2D eigenvalue weighted by atomic mass is 10.1. The minimum absolute atomic E-state index is 0.238. The lowest BCUT2D eigenvalue weighted by Gasteiger charge is -2.09. The largest absolute Gasteiger partial charge is 0.398 e. The number of anilines is 2. The number of nitrogens with two attached hydrogens (primary N) is 1. The first-order valence-electron chi connectivity index (χ1n) is 5.50. The fraction of sp³-hybridized carbons (Fsp3) is 0.0714. The molecule has 0 aliphatic heterocycles. The molecule has 2 aromatic carbocycles. The maximum atomic E-state index is 12.1. The van der Waals surface area contributed by atoms with Gasteiger partial charge in [-0.25, -0.2) is 0 Å². The number of hydrogen-bond acceptors (Lipinski definition) is 2. The average molecular weight is 261 g/mol. The fourth-order valence-electron chi connectivity index (χ4n) is 1.64. The Kier molecular flexibility index (Phi) is 3.53. The van der Waals surface area contributed by atoms with Crippen molar-refractivity contribution in [1.29, 1.82) is 0 Å². The van der Waals surface area contributed by atoms with Crippen molar-refractivity contribution < 1.29 is 4.79 Å². The van der Waals surface area contributed by atoms with Crippen LogP contribution >= 0.6 is 11.6 Å². The van der Waals surface area contributed by atoms with Gasteiger partial charge in [-0.05, 0) is 36.8 Å². The van der Waals surface area contributed by atoms with Crippen LogP contribution < -0.4 is 11.1 Å². The van der Waals surface area contributed by atoms with Gasteiger partial charge in [0.1, 0.15) is 0 Å². The molecule has 18 heavy (non-hydrogen) atoms. The summed E-state index contributed by atoms with van der Waals surface area (Å²) in [5.74, 6) is -0.238. The number of para-hydroxylation sites is 1. The van der Waals surface area contributed by atoms with Gasteiger partial charge in [-0.1, -0.05) is 29.8 Å². The van der Waals surface area contributed by atoms with Crippen molar-refractivity contribution in [3.63, 3.8) is 0 Å². The first-order valence-corrected chi connectivity index (χ1v) is 5.88. The van der Waals surface area contributed by atoms with Crippen molar-refractivity contribution in [2.75, 3.05) is 11.1 Å². The van der Waals surface area contributed by atoms with Crippen molar-refractivity contribution in [1.82, 2.24) is 0 Å². The van der Waals surface area contributed by atoms with Gasteiger partial charge in [0.05, 0.1) is 5.56 Å². The van der Waals surface area contributed by atoms with Crippen molar-refractivity contribution in [2.24, 2.45) is 0 Å². The highest BCUT2D eigenvalue weighted by Gasteiger charge is 2.10. The van der Waals surface area contributed by atoms with Crippen molar-refractivity contribution in [3.8, 4) is 0 Å². The number of carbonyl (C=O) groups excluding carboxylic acids is 1. The van der Waals surface area contributed by atoms with E-state index in [1.807, 2.05) is 13.0 Å². The van der Waals surface area contributed by atoms with Gasteiger partial charge in [-0.3, -0.25) is 4.79 Å². The lowest BCUT2D eigenvalue weighted by molar-refractivity contribution is 0.102. The Hall–Kier alpha value is -2.00. The molecule has 0 bridgehead atoms. The summed E-state index contributed by atoms with van der Waals surface area (Å²) >= 11 is 5.85. The van der Waals surface area contributed by atoms with Crippen LogP contribution in [0.4, 0.5) is 11.4 Å². The molecule has 0 aliphatic carbocycles. The van der Waals surface area contributed by atoms with E-state index in [9.17, 15) is 4.79 Å². The quantitative estimate of drug-likeness (QED) is 0.812. The molecule has 2 aromatic rings. The molecule has 0 aromatic heterocycles. The highest BCUT2D eigenvalue weighted by atomic mass is 35.5. The van der Waals surface area contributed by atoms with Gasteiger partial charge >= 0.3 is 0 Å². The molecular formula is C14H13ClN2O. The Morgan fingerprint density at radius 2 is 1.94 bits per heavy atom. The predicted octanol–water partition coefficient (Wildman–Crippen LogP) is 3.48. The van der Waals surface area contributed by atoms with E-state index in [1.165, 1.54) is 0 Å². The van der Waals surface area contributed by atoms with Gasteiger partial charge in [0.25, 0.3) is 5.91 Å². The fourth-order valence-corrected chi connectivity index (χ4v) is 1.83. The maximum absolute atomic E-state index is 12.1. The second-order valence-electron chi connectivity index (χ2n) is 4.00. The molecule has 0 radical (unpaired) electrons. The number of hydrogen-bond donors (Lipinski definition) is 2. The third-order valence-corrected chi connectivity index (χ3v) is 2.89. The van der Waals surface area contributed by atoms with Gasteiger partial charge in [-0.15, -0.1) is 0 Å². The molecule has 0 fully saturated rings. The number of aryl methyl sites for hydroxylation is 1. The Bertz CT molecular complexity index is 596. The van der Waals surface area contributed by atoms with E-state index < -0.39 is 0 Å². The van der Waals surface area contributed by atoms with Crippen LogP contribution in [0.5, 0.6) is 0 Å². The number of carbonyl (C=O) groups is 1. The van der Waals surface area contributed by atoms with E-state index in [2.05, 4.69) is 5.32 Å². The molecular weight excluding hydrogens is 248 g/mol. The molecule has 2 rings (SSSR count). The third-order valence-electron chi connectivity index (χ3n) is 2.65. The van der Waals surface area contributed by atoms with Crippen LogP contribution in [0.1, 0.15) is 15.9 Å². The first kappa shape index (κ1) is 12.5. The number of nitrogen functional groups attached to an aromatic ring is 1. The molecule has 1 amide bonds. The van der Waals surface area contributed by atoms with Gasteiger partial charge in [0.2, 0.25) is 0 Å². The van der Waals surface area contributed by atoms with Crippen LogP contribution in [0.25, 0.3) is 0 Å². The highest BCUT2D eigenvalue weighted by molar-refractivity contribution is 6.31. The number of benzene rings is 2. The topological polar surface area (TPSA) is 55.1 Å². The molecule has 3 nitrogen and oxygen atoms in total. The van der Waals surface area contributed by atoms with Crippen LogP contribution in [0.2, 0.25) is 5.02 Å². The van der Waals surface area contributed by atoms with E-state index >= 15 is 0 Å². The Morgan fingerprint density at radius 1 is 1.22 bits per heavy atom. The summed E-state index contributed by atoms with van der Waals surface area (Å²) in [5, 5.41) is 3.34. The van der Waals surface area contributed by atoms with Gasteiger partial charge in [0.15, 0.2) is 0 Å². The minimum atomic E-state index is -0.238. The monoisotopic (exact) mass is 260 g/mol. The van der Waals surface area contributed by atoms with E-state index in [1.54, 1.807) is 36.4 Å². The highest BCUT2D eigenvalue weighted by Crippen LogP contribution is 2.19. The zero-order chi connectivity index (χ0) is 13.1. The minimum Gasteiger partial charge on any atom is -0.398 e. The summed E-state index contributed by atoms with van der Waals surface area (Å²) in [7, 11) is 0. The van der Waals surface area contributed by atoms with Gasteiger partial charge in [0, 0.05) is 16.4 Å². The molecule has 0 atom stereocenters.